The van der Waals surface area contributed by atoms with Gasteiger partial charge in [0.15, 0.2) is 0 Å². The molecule has 2 heterocycles. The quantitative estimate of drug-likeness (QED) is 0.815. The van der Waals surface area contributed by atoms with Crippen LogP contribution in [0.4, 0.5) is 4.79 Å². The molecule has 0 spiro atoms. The van der Waals surface area contributed by atoms with Crippen LogP contribution >= 0.6 is 0 Å². The molecule has 0 radical (unpaired) electrons. The Labute approximate surface area is 150 Å². The molecule has 7 nitrogen and oxygen atoms in total. The Morgan fingerprint density at radius 2 is 2.08 bits per heavy atom. The molecule has 1 atom stereocenters. The molecule has 0 aliphatic carbocycles. The number of ether oxygens (including phenoxy) is 2. The Balaban J connectivity index is 2.08. The number of rotatable bonds is 5. The standard InChI is InChI=1S/C18H32N4O3/c1-14(2)24-12-11-21-9-10-22(17(23)25-18(3,4)5)13-15(21)16-19-7-8-20(16)6/h7-8,14-15H,9-13H2,1-6H3. The third-order valence-corrected chi connectivity index (χ3v) is 4.13. The van der Waals surface area contributed by atoms with Crippen LogP contribution in [0.2, 0.25) is 0 Å². The average molecular weight is 352 g/mol. The third-order valence-electron chi connectivity index (χ3n) is 4.13. The fourth-order valence-electron chi connectivity index (χ4n) is 2.93. The molecular formula is C18H32N4O3. The molecule has 0 N–H and O–H groups in total. The van der Waals surface area contributed by atoms with Crippen molar-refractivity contribution in [2.75, 3.05) is 32.8 Å². The number of aryl methyl sites for hydroxylation is 1. The van der Waals surface area contributed by atoms with E-state index >= 15 is 0 Å². The number of aromatic nitrogens is 2. The Morgan fingerprint density at radius 3 is 2.64 bits per heavy atom. The first kappa shape index (κ1) is 19.7. The highest BCUT2D eigenvalue weighted by atomic mass is 16.6. The Bertz CT molecular complexity index is 565. The molecule has 0 saturated carbocycles. The molecule has 0 aromatic carbocycles. The van der Waals surface area contributed by atoms with Crippen LogP contribution < -0.4 is 0 Å². The first-order valence-electron chi connectivity index (χ1n) is 8.98. The third kappa shape index (κ3) is 5.71. The smallest absolute Gasteiger partial charge is 0.410 e. The summed E-state index contributed by atoms with van der Waals surface area (Å²) < 4.78 is 13.3. The molecule has 142 valence electrons. The summed E-state index contributed by atoms with van der Waals surface area (Å²) in [7, 11) is 1.98. The molecule has 1 fully saturated rings. The molecule has 1 aliphatic heterocycles. The van der Waals surface area contributed by atoms with Crippen molar-refractivity contribution in [1.82, 2.24) is 19.4 Å². The second-order valence-electron chi connectivity index (χ2n) is 7.79. The number of carbonyl (C=O) groups excluding carboxylic acids is 1. The van der Waals surface area contributed by atoms with Crippen molar-refractivity contribution >= 4 is 6.09 Å². The van der Waals surface area contributed by atoms with Gasteiger partial charge in [-0.05, 0) is 34.6 Å². The van der Waals surface area contributed by atoms with Gasteiger partial charge in [0.2, 0.25) is 0 Å². The number of piperazine rings is 1. The largest absolute Gasteiger partial charge is 0.444 e. The molecule has 1 amide bonds. The lowest BCUT2D eigenvalue weighted by atomic mass is 10.1. The van der Waals surface area contributed by atoms with E-state index in [-0.39, 0.29) is 18.2 Å². The van der Waals surface area contributed by atoms with E-state index in [1.54, 1.807) is 11.1 Å². The molecular weight excluding hydrogens is 320 g/mol. The van der Waals surface area contributed by atoms with Crippen LogP contribution in [-0.2, 0) is 16.5 Å². The van der Waals surface area contributed by atoms with Gasteiger partial charge < -0.3 is 18.9 Å². The number of nitrogens with zero attached hydrogens (tertiary/aromatic N) is 4. The van der Waals surface area contributed by atoms with Crippen molar-refractivity contribution in [2.24, 2.45) is 7.05 Å². The second kappa shape index (κ2) is 8.19. The van der Waals surface area contributed by atoms with E-state index in [2.05, 4.69) is 9.88 Å². The number of imidazole rings is 1. The van der Waals surface area contributed by atoms with Crippen molar-refractivity contribution in [2.45, 2.75) is 52.4 Å². The maximum absolute atomic E-state index is 12.5. The van der Waals surface area contributed by atoms with Gasteiger partial charge in [-0.25, -0.2) is 9.78 Å². The monoisotopic (exact) mass is 352 g/mol. The van der Waals surface area contributed by atoms with E-state index < -0.39 is 5.60 Å². The van der Waals surface area contributed by atoms with Crippen LogP contribution in [0.5, 0.6) is 0 Å². The highest BCUT2D eigenvalue weighted by molar-refractivity contribution is 5.68. The minimum atomic E-state index is -0.488. The number of amides is 1. The van der Waals surface area contributed by atoms with Gasteiger partial charge in [-0.1, -0.05) is 0 Å². The van der Waals surface area contributed by atoms with Crippen molar-refractivity contribution in [3.8, 4) is 0 Å². The van der Waals surface area contributed by atoms with Gasteiger partial charge in [-0.15, -0.1) is 0 Å². The van der Waals surface area contributed by atoms with Crippen molar-refractivity contribution in [3.05, 3.63) is 18.2 Å². The minimum absolute atomic E-state index is 0.0389. The maximum Gasteiger partial charge on any atom is 0.410 e. The Kier molecular flexibility index (Phi) is 6.46. The zero-order chi connectivity index (χ0) is 18.6. The maximum atomic E-state index is 12.5. The fraction of sp³-hybridized carbons (Fsp3) is 0.778. The highest BCUT2D eigenvalue weighted by Gasteiger charge is 2.34. The molecule has 1 aromatic heterocycles. The highest BCUT2D eigenvalue weighted by Crippen LogP contribution is 2.25. The fourth-order valence-corrected chi connectivity index (χ4v) is 2.93. The summed E-state index contributed by atoms with van der Waals surface area (Å²) in [5, 5.41) is 0. The topological polar surface area (TPSA) is 59.8 Å². The first-order chi connectivity index (χ1) is 11.7. The zero-order valence-corrected chi connectivity index (χ0v) is 16.4. The lowest BCUT2D eigenvalue weighted by Gasteiger charge is -2.41. The lowest BCUT2D eigenvalue weighted by Crippen LogP contribution is -2.52. The van der Waals surface area contributed by atoms with E-state index in [1.165, 1.54) is 0 Å². The summed E-state index contributed by atoms with van der Waals surface area (Å²) in [6, 6.07) is 0.0389. The second-order valence-corrected chi connectivity index (χ2v) is 7.79. The van der Waals surface area contributed by atoms with Gasteiger partial charge >= 0.3 is 6.09 Å². The Hall–Kier alpha value is -1.60. The predicted octanol–water partition coefficient (Wildman–Crippen LogP) is 2.44. The summed E-state index contributed by atoms with van der Waals surface area (Å²) in [5.41, 5.74) is -0.488. The van der Waals surface area contributed by atoms with Crippen LogP contribution in [0.15, 0.2) is 12.4 Å². The summed E-state index contributed by atoms with van der Waals surface area (Å²) in [4.78, 5) is 21.1. The van der Waals surface area contributed by atoms with E-state index in [4.69, 9.17) is 9.47 Å². The average Bonchev–Trinajstić information content (AvgIpc) is 2.91. The molecule has 1 aromatic rings. The molecule has 0 bridgehead atoms. The molecule has 25 heavy (non-hydrogen) atoms. The molecule has 1 aliphatic rings. The van der Waals surface area contributed by atoms with Crippen molar-refractivity contribution in [3.63, 3.8) is 0 Å². The first-order valence-corrected chi connectivity index (χ1v) is 8.98. The van der Waals surface area contributed by atoms with Crippen LogP contribution in [0, 0.1) is 0 Å². The SMILES string of the molecule is CC(C)OCCN1CCN(C(=O)OC(C)(C)C)CC1c1nccn1C. The predicted molar refractivity (Wildman–Crippen MR) is 96.4 cm³/mol. The molecule has 1 unspecified atom stereocenters. The van der Waals surface area contributed by atoms with E-state index in [1.807, 2.05) is 52.4 Å². The number of carbonyl (C=O) groups is 1. The van der Waals surface area contributed by atoms with Gasteiger partial charge in [-0.3, -0.25) is 4.90 Å². The summed E-state index contributed by atoms with van der Waals surface area (Å²) >= 11 is 0. The van der Waals surface area contributed by atoms with E-state index in [0.29, 0.717) is 19.7 Å². The molecule has 7 heteroatoms. The zero-order valence-electron chi connectivity index (χ0n) is 16.4. The van der Waals surface area contributed by atoms with Gasteiger partial charge in [-0.2, -0.15) is 0 Å². The summed E-state index contributed by atoms with van der Waals surface area (Å²) in [6.45, 7) is 13.2. The lowest BCUT2D eigenvalue weighted by molar-refractivity contribution is -0.00783. The van der Waals surface area contributed by atoms with Gasteiger partial charge in [0, 0.05) is 45.6 Å². The van der Waals surface area contributed by atoms with Crippen molar-refractivity contribution < 1.29 is 14.3 Å². The van der Waals surface area contributed by atoms with Crippen LogP contribution in [-0.4, -0.2) is 69.9 Å². The van der Waals surface area contributed by atoms with Gasteiger partial charge in [0.25, 0.3) is 0 Å². The van der Waals surface area contributed by atoms with E-state index in [0.717, 1.165) is 18.9 Å². The molecule has 1 saturated heterocycles. The van der Waals surface area contributed by atoms with Crippen LogP contribution in [0.25, 0.3) is 0 Å². The van der Waals surface area contributed by atoms with Crippen molar-refractivity contribution in [1.29, 1.82) is 0 Å². The van der Waals surface area contributed by atoms with E-state index in [9.17, 15) is 4.79 Å². The summed E-state index contributed by atoms with van der Waals surface area (Å²) in [6.07, 6.45) is 3.69. The number of hydrogen-bond acceptors (Lipinski definition) is 5. The van der Waals surface area contributed by atoms with Crippen LogP contribution in [0.3, 0.4) is 0 Å². The van der Waals surface area contributed by atoms with Gasteiger partial charge in [0.1, 0.15) is 11.4 Å². The van der Waals surface area contributed by atoms with Gasteiger partial charge in [0.05, 0.1) is 18.8 Å². The normalized spacial score (nSPS) is 19.5. The minimum Gasteiger partial charge on any atom is -0.444 e. The van der Waals surface area contributed by atoms with Crippen LogP contribution in [0.1, 0.15) is 46.5 Å². The molecule has 2 rings (SSSR count). The Morgan fingerprint density at radius 1 is 1.36 bits per heavy atom. The summed E-state index contributed by atoms with van der Waals surface area (Å²) in [5.74, 6) is 0.956. The number of hydrogen-bond donors (Lipinski definition) is 0.